The molecule has 1 aromatic carbocycles. The van der Waals surface area contributed by atoms with Gasteiger partial charge in [-0.1, -0.05) is 12.1 Å². The summed E-state index contributed by atoms with van der Waals surface area (Å²) in [5, 5.41) is 2.50. The summed E-state index contributed by atoms with van der Waals surface area (Å²) in [6.07, 6.45) is -0.554. The Morgan fingerprint density at radius 3 is 2.67 bits per heavy atom. The van der Waals surface area contributed by atoms with E-state index in [2.05, 4.69) is 41.3 Å². The quantitative estimate of drug-likeness (QED) is 0.863. The fraction of sp³-hybridized carbons (Fsp3) is 0. The number of hydrogen-bond acceptors (Lipinski definition) is 2. The minimum atomic E-state index is -0.554. The summed E-state index contributed by atoms with van der Waals surface area (Å²) in [6, 6.07) is 7.25. The van der Waals surface area contributed by atoms with E-state index in [1.54, 1.807) is 6.07 Å². The second-order valence-corrected chi connectivity index (χ2v) is 3.15. The van der Waals surface area contributed by atoms with Gasteiger partial charge in [0.1, 0.15) is 0 Å². The second kappa shape index (κ2) is 4.47. The second-order valence-electron chi connectivity index (χ2n) is 1.97. The Bertz CT molecular complexity index is 290. The van der Waals surface area contributed by atoms with Crippen LogP contribution in [0.2, 0.25) is 0 Å². The van der Waals surface area contributed by atoms with Crippen LogP contribution in [0, 0.1) is 0 Å². The number of amides is 1. The van der Waals surface area contributed by atoms with Crippen LogP contribution in [-0.2, 0) is 3.83 Å². The lowest BCUT2D eigenvalue weighted by Crippen LogP contribution is -2.08. The Morgan fingerprint density at radius 1 is 1.42 bits per heavy atom. The van der Waals surface area contributed by atoms with Crippen LogP contribution in [0.25, 0.3) is 0 Å². The summed E-state index contributed by atoms with van der Waals surface area (Å²) in [5.41, 5.74) is 0.668. The molecule has 0 fully saturated rings. The van der Waals surface area contributed by atoms with Crippen LogP contribution in [0.5, 0.6) is 0 Å². The first kappa shape index (κ1) is 9.54. The molecule has 1 N–H and O–H groups in total. The van der Waals surface area contributed by atoms with Gasteiger partial charge < -0.3 is 3.83 Å². The van der Waals surface area contributed by atoms with Crippen molar-refractivity contribution in [2.75, 3.05) is 5.32 Å². The van der Waals surface area contributed by atoms with Gasteiger partial charge in [-0.05, 0) is 28.1 Å². The summed E-state index contributed by atoms with van der Waals surface area (Å²) < 4.78 is 5.06. The SMILES string of the molecule is O=C(Nc1ccccc1Br)OBr. The Kier molecular flexibility index (Phi) is 3.55. The molecule has 0 saturated heterocycles. The first-order chi connectivity index (χ1) is 5.74. The van der Waals surface area contributed by atoms with E-state index in [0.29, 0.717) is 5.69 Å². The van der Waals surface area contributed by atoms with Crippen LogP contribution in [0.15, 0.2) is 28.7 Å². The number of anilines is 1. The summed E-state index contributed by atoms with van der Waals surface area (Å²) in [5.74, 6) is 0. The molecule has 5 heteroatoms. The number of halogens is 2. The maximum atomic E-state index is 10.7. The molecule has 0 spiro atoms. The van der Waals surface area contributed by atoms with Crippen molar-refractivity contribution in [3.8, 4) is 0 Å². The standard InChI is InChI=1S/C7H5Br2NO2/c8-5-3-1-2-4-6(5)10-7(11)12-9/h1-4H,(H,10,11). The minimum absolute atomic E-state index is 0.554. The van der Waals surface area contributed by atoms with E-state index in [1.807, 2.05) is 18.2 Å². The van der Waals surface area contributed by atoms with Gasteiger partial charge in [0.25, 0.3) is 0 Å². The first-order valence-electron chi connectivity index (χ1n) is 3.08. The summed E-state index contributed by atoms with van der Waals surface area (Å²) >= 11 is 5.84. The lowest BCUT2D eigenvalue weighted by atomic mass is 10.3. The minimum Gasteiger partial charge on any atom is -0.367 e. The lowest BCUT2D eigenvalue weighted by molar-refractivity contribution is 0.225. The van der Waals surface area contributed by atoms with E-state index >= 15 is 0 Å². The van der Waals surface area contributed by atoms with Gasteiger partial charge in [0, 0.05) is 4.47 Å². The van der Waals surface area contributed by atoms with Crippen LogP contribution in [0.1, 0.15) is 0 Å². The topological polar surface area (TPSA) is 38.3 Å². The fourth-order valence-corrected chi connectivity index (χ4v) is 1.16. The molecule has 1 aromatic rings. The summed E-state index contributed by atoms with van der Waals surface area (Å²) in [6.45, 7) is 0. The maximum Gasteiger partial charge on any atom is 0.423 e. The van der Waals surface area contributed by atoms with Crippen molar-refractivity contribution >= 4 is 44.0 Å². The first-order valence-corrected chi connectivity index (χ1v) is 4.52. The van der Waals surface area contributed by atoms with Gasteiger partial charge in [-0.15, -0.1) is 0 Å². The van der Waals surface area contributed by atoms with Crippen LogP contribution < -0.4 is 5.32 Å². The zero-order valence-electron chi connectivity index (χ0n) is 5.88. The number of carbonyl (C=O) groups excluding carboxylic acids is 1. The number of hydrogen-bond donors (Lipinski definition) is 1. The van der Waals surface area contributed by atoms with Crippen molar-refractivity contribution in [2.24, 2.45) is 0 Å². The molecule has 0 unspecified atom stereocenters. The lowest BCUT2D eigenvalue weighted by Gasteiger charge is -2.03. The molecule has 0 aliphatic heterocycles. The van der Waals surface area contributed by atoms with Crippen molar-refractivity contribution < 1.29 is 8.62 Å². The van der Waals surface area contributed by atoms with E-state index in [1.165, 1.54) is 0 Å². The molecule has 0 bridgehead atoms. The highest BCUT2D eigenvalue weighted by Gasteiger charge is 2.03. The molecule has 0 radical (unpaired) electrons. The Balaban J connectivity index is 2.75. The van der Waals surface area contributed by atoms with Gasteiger partial charge in [-0.3, -0.25) is 5.32 Å². The number of para-hydroxylation sites is 1. The fourth-order valence-electron chi connectivity index (χ4n) is 0.692. The predicted molar refractivity (Wildman–Crippen MR) is 53.2 cm³/mol. The zero-order valence-corrected chi connectivity index (χ0v) is 9.05. The molecule has 1 amide bonds. The highest BCUT2D eigenvalue weighted by Crippen LogP contribution is 2.21. The average molecular weight is 295 g/mol. The van der Waals surface area contributed by atoms with Crippen LogP contribution >= 0.6 is 32.2 Å². The van der Waals surface area contributed by atoms with Gasteiger partial charge in [0.05, 0.1) is 5.69 Å². The van der Waals surface area contributed by atoms with Crippen molar-refractivity contribution in [2.45, 2.75) is 0 Å². The normalized spacial score (nSPS) is 9.17. The van der Waals surface area contributed by atoms with Crippen molar-refractivity contribution in [1.29, 1.82) is 0 Å². The number of nitrogens with one attached hydrogen (secondary N) is 1. The Labute approximate surface area is 86.7 Å². The molecule has 0 heterocycles. The third-order valence-electron chi connectivity index (χ3n) is 1.18. The summed E-state index contributed by atoms with van der Waals surface area (Å²) in [7, 11) is 0. The smallest absolute Gasteiger partial charge is 0.367 e. The third-order valence-corrected chi connectivity index (χ3v) is 2.17. The van der Waals surface area contributed by atoms with E-state index in [-0.39, 0.29) is 0 Å². The molecule has 0 atom stereocenters. The van der Waals surface area contributed by atoms with Gasteiger partial charge >= 0.3 is 6.09 Å². The average Bonchev–Trinajstić information content (AvgIpc) is 2.09. The molecule has 1 rings (SSSR count). The molecule has 0 aliphatic carbocycles. The molecule has 3 nitrogen and oxygen atoms in total. The van der Waals surface area contributed by atoms with Crippen molar-refractivity contribution in [1.82, 2.24) is 0 Å². The highest BCUT2D eigenvalue weighted by molar-refractivity contribution is 9.10. The number of carbonyl (C=O) groups is 1. The Hall–Kier alpha value is -0.550. The van der Waals surface area contributed by atoms with Crippen LogP contribution in [0.3, 0.4) is 0 Å². The van der Waals surface area contributed by atoms with Gasteiger partial charge in [-0.25, -0.2) is 4.79 Å². The molecular weight excluding hydrogens is 290 g/mol. The maximum absolute atomic E-state index is 10.7. The van der Waals surface area contributed by atoms with E-state index in [4.69, 9.17) is 0 Å². The van der Waals surface area contributed by atoms with E-state index < -0.39 is 6.09 Å². The molecule has 0 saturated carbocycles. The molecular formula is C7H5Br2NO2. The van der Waals surface area contributed by atoms with Crippen LogP contribution in [-0.4, -0.2) is 6.09 Å². The zero-order chi connectivity index (χ0) is 8.97. The summed E-state index contributed by atoms with van der Waals surface area (Å²) in [4.78, 5) is 10.7. The van der Waals surface area contributed by atoms with E-state index in [9.17, 15) is 4.79 Å². The molecule has 0 aliphatic rings. The van der Waals surface area contributed by atoms with Crippen LogP contribution in [0.4, 0.5) is 10.5 Å². The highest BCUT2D eigenvalue weighted by atomic mass is 79.9. The predicted octanol–water partition coefficient (Wildman–Crippen LogP) is 3.31. The van der Waals surface area contributed by atoms with E-state index in [0.717, 1.165) is 4.47 Å². The monoisotopic (exact) mass is 293 g/mol. The molecule has 12 heavy (non-hydrogen) atoms. The number of benzene rings is 1. The van der Waals surface area contributed by atoms with Gasteiger partial charge in [-0.2, -0.15) is 0 Å². The van der Waals surface area contributed by atoms with Gasteiger partial charge in [0.15, 0.2) is 16.3 Å². The molecule has 64 valence electrons. The Morgan fingerprint density at radius 2 is 2.08 bits per heavy atom. The van der Waals surface area contributed by atoms with Gasteiger partial charge in [0.2, 0.25) is 0 Å². The molecule has 0 aromatic heterocycles. The van der Waals surface area contributed by atoms with Crippen molar-refractivity contribution in [3.05, 3.63) is 28.7 Å². The number of rotatable bonds is 1. The van der Waals surface area contributed by atoms with Crippen molar-refractivity contribution in [3.63, 3.8) is 0 Å². The largest absolute Gasteiger partial charge is 0.423 e. The third kappa shape index (κ3) is 2.49.